The van der Waals surface area contributed by atoms with Crippen LogP contribution in [0.1, 0.15) is 17.3 Å². The largest absolute Gasteiger partial charge is 0.462 e. The van der Waals surface area contributed by atoms with Crippen molar-refractivity contribution in [2.24, 2.45) is 0 Å². The van der Waals surface area contributed by atoms with E-state index in [-0.39, 0.29) is 11.7 Å². The molecule has 28 heavy (non-hydrogen) atoms. The first-order valence-electron chi connectivity index (χ1n) is 8.56. The topological polar surface area (TPSA) is 83.8 Å². The van der Waals surface area contributed by atoms with E-state index in [0.717, 1.165) is 27.9 Å². The summed E-state index contributed by atoms with van der Waals surface area (Å²) in [5, 5.41) is 10.4. The summed E-state index contributed by atoms with van der Waals surface area (Å²) in [5.74, 6) is 3.10. The van der Waals surface area contributed by atoms with E-state index in [0.29, 0.717) is 11.0 Å². The van der Waals surface area contributed by atoms with E-state index in [1.165, 1.54) is 11.8 Å². The molecule has 3 rings (SSSR count). The van der Waals surface area contributed by atoms with Crippen LogP contribution in [0.3, 0.4) is 0 Å². The third-order valence-corrected chi connectivity index (χ3v) is 5.42. The van der Waals surface area contributed by atoms with Gasteiger partial charge in [-0.2, -0.15) is 0 Å². The molecule has 0 spiro atoms. The molecule has 0 aliphatic carbocycles. The van der Waals surface area contributed by atoms with Crippen LogP contribution in [0.4, 0.5) is 5.69 Å². The number of anilines is 1. The van der Waals surface area contributed by atoms with Crippen molar-refractivity contribution in [1.29, 1.82) is 0 Å². The van der Waals surface area contributed by atoms with Gasteiger partial charge in [0.15, 0.2) is 0 Å². The highest BCUT2D eigenvalue weighted by atomic mass is 32.2. The van der Waals surface area contributed by atoms with E-state index in [1.807, 2.05) is 55.5 Å². The average molecular weight is 413 g/mol. The SMILES string of the molecule is C=CCSc1ccccc1NC(=O)CSc1n[nH]c(/C=C/c2ccc(C)o2)n1. The van der Waals surface area contributed by atoms with E-state index in [1.54, 1.807) is 17.8 Å². The smallest absolute Gasteiger partial charge is 0.234 e. The number of rotatable bonds is 9. The van der Waals surface area contributed by atoms with E-state index in [2.05, 4.69) is 27.1 Å². The maximum absolute atomic E-state index is 12.3. The molecule has 0 bridgehead atoms. The lowest BCUT2D eigenvalue weighted by molar-refractivity contribution is -0.113. The van der Waals surface area contributed by atoms with Crippen LogP contribution in [-0.4, -0.2) is 32.6 Å². The molecule has 0 fully saturated rings. The first kappa shape index (κ1) is 20.0. The fourth-order valence-electron chi connectivity index (χ4n) is 2.26. The molecule has 0 saturated carbocycles. The number of H-pyrrole nitrogens is 1. The Morgan fingerprint density at radius 3 is 2.89 bits per heavy atom. The molecule has 2 aromatic heterocycles. The second-order valence-corrected chi connectivity index (χ2v) is 7.72. The number of furan rings is 1. The number of carbonyl (C=O) groups is 1. The predicted octanol–water partition coefficient (Wildman–Crippen LogP) is 4.89. The molecule has 0 aliphatic heterocycles. The molecule has 1 aromatic carbocycles. The number of thioether (sulfide) groups is 2. The highest BCUT2D eigenvalue weighted by Gasteiger charge is 2.09. The van der Waals surface area contributed by atoms with Gasteiger partial charge in [0, 0.05) is 10.6 Å². The summed E-state index contributed by atoms with van der Waals surface area (Å²) in [6.45, 7) is 5.62. The number of nitrogens with zero attached hydrogens (tertiary/aromatic N) is 2. The Morgan fingerprint density at radius 2 is 2.11 bits per heavy atom. The molecule has 2 N–H and O–H groups in total. The summed E-state index contributed by atoms with van der Waals surface area (Å²) >= 11 is 2.90. The summed E-state index contributed by atoms with van der Waals surface area (Å²) in [6.07, 6.45) is 5.43. The second kappa shape index (κ2) is 10.0. The predicted molar refractivity (Wildman–Crippen MR) is 115 cm³/mol. The van der Waals surface area contributed by atoms with Crippen LogP contribution in [0.2, 0.25) is 0 Å². The average Bonchev–Trinajstić information content (AvgIpc) is 3.32. The summed E-state index contributed by atoms with van der Waals surface area (Å²) in [6, 6.07) is 11.5. The van der Waals surface area contributed by atoms with E-state index < -0.39 is 0 Å². The standard InChI is InChI=1S/C20H20N4O2S2/c1-3-12-27-17-7-5-4-6-16(17)21-19(25)13-28-20-22-18(23-24-20)11-10-15-9-8-14(2)26-15/h3-11H,1,12-13H2,2H3,(H,21,25)(H,22,23,24)/b11-10+. The van der Waals surface area contributed by atoms with Crippen molar-refractivity contribution in [2.75, 3.05) is 16.8 Å². The third-order valence-electron chi connectivity index (χ3n) is 3.50. The van der Waals surface area contributed by atoms with Crippen molar-refractivity contribution >= 4 is 47.3 Å². The Morgan fingerprint density at radius 1 is 1.25 bits per heavy atom. The first-order valence-corrected chi connectivity index (χ1v) is 10.5. The van der Waals surface area contributed by atoms with Crippen LogP contribution in [0.25, 0.3) is 12.2 Å². The molecule has 6 nitrogen and oxygen atoms in total. The summed E-state index contributed by atoms with van der Waals surface area (Å²) in [5.41, 5.74) is 0.798. The number of carbonyl (C=O) groups excluding carboxylic acids is 1. The molecule has 144 valence electrons. The lowest BCUT2D eigenvalue weighted by Gasteiger charge is -2.09. The highest BCUT2D eigenvalue weighted by Crippen LogP contribution is 2.27. The van der Waals surface area contributed by atoms with Gasteiger partial charge in [0.2, 0.25) is 11.1 Å². The van der Waals surface area contributed by atoms with Gasteiger partial charge in [-0.1, -0.05) is 30.0 Å². The minimum absolute atomic E-state index is 0.107. The van der Waals surface area contributed by atoms with E-state index >= 15 is 0 Å². The van der Waals surface area contributed by atoms with Gasteiger partial charge in [-0.25, -0.2) is 4.98 Å². The van der Waals surface area contributed by atoms with Gasteiger partial charge < -0.3 is 9.73 Å². The number of aromatic nitrogens is 3. The van der Waals surface area contributed by atoms with Crippen molar-refractivity contribution < 1.29 is 9.21 Å². The fraction of sp³-hybridized carbons (Fsp3) is 0.150. The maximum Gasteiger partial charge on any atom is 0.234 e. The summed E-state index contributed by atoms with van der Waals surface area (Å²) < 4.78 is 5.47. The Kier molecular flexibility index (Phi) is 7.16. The lowest BCUT2D eigenvalue weighted by atomic mass is 10.3. The quantitative estimate of drug-likeness (QED) is 0.385. The fourth-order valence-corrected chi connectivity index (χ4v) is 3.61. The number of nitrogens with one attached hydrogen (secondary N) is 2. The monoisotopic (exact) mass is 412 g/mol. The Labute approximate surface area is 171 Å². The Balaban J connectivity index is 1.52. The highest BCUT2D eigenvalue weighted by molar-refractivity contribution is 8.00. The molecule has 0 unspecified atom stereocenters. The van der Waals surface area contributed by atoms with Crippen molar-refractivity contribution in [2.45, 2.75) is 17.0 Å². The number of aryl methyl sites for hydroxylation is 1. The number of aromatic amines is 1. The number of amides is 1. The van der Waals surface area contributed by atoms with Crippen molar-refractivity contribution in [1.82, 2.24) is 15.2 Å². The van der Waals surface area contributed by atoms with E-state index in [9.17, 15) is 4.79 Å². The Hall–Kier alpha value is -2.71. The van der Waals surface area contributed by atoms with Crippen LogP contribution in [0, 0.1) is 6.92 Å². The summed E-state index contributed by atoms with van der Waals surface area (Å²) in [7, 11) is 0. The minimum atomic E-state index is -0.107. The molecule has 8 heteroatoms. The molecule has 0 saturated heterocycles. The van der Waals surface area contributed by atoms with Crippen LogP contribution >= 0.6 is 23.5 Å². The first-order chi connectivity index (χ1) is 13.6. The second-order valence-electron chi connectivity index (χ2n) is 5.72. The lowest BCUT2D eigenvalue weighted by Crippen LogP contribution is -2.14. The molecular weight excluding hydrogens is 392 g/mol. The number of hydrogen-bond donors (Lipinski definition) is 2. The number of benzene rings is 1. The van der Waals surface area contributed by atoms with Gasteiger partial charge in [0.25, 0.3) is 0 Å². The molecule has 0 aliphatic rings. The van der Waals surface area contributed by atoms with Crippen molar-refractivity contribution in [3.05, 3.63) is 66.4 Å². The molecule has 0 atom stereocenters. The molecule has 1 amide bonds. The summed E-state index contributed by atoms with van der Waals surface area (Å²) in [4.78, 5) is 17.6. The molecular formula is C20H20N4O2S2. The number of para-hydroxylation sites is 1. The van der Waals surface area contributed by atoms with Gasteiger partial charge in [0.1, 0.15) is 17.3 Å². The zero-order chi connectivity index (χ0) is 19.8. The minimum Gasteiger partial charge on any atom is -0.462 e. The molecule has 2 heterocycles. The van der Waals surface area contributed by atoms with Gasteiger partial charge in [-0.05, 0) is 43.3 Å². The van der Waals surface area contributed by atoms with Crippen molar-refractivity contribution in [3.63, 3.8) is 0 Å². The van der Waals surface area contributed by atoms with Gasteiger partial charge in [0.05, 0.1) is 11.4 Å². The Bertz CT molecular complexity index is 978. The van der Waals surface area contributed by atoms with Crippen LogP contribution < -0.4 is 5.32 Å². The van der Waals surface area contributed by atoms with Crippen molar-refractivity contribution in [3.8, 4) is 0 Å². The molecule has 0 radical (unpaired) electrons. The number of hydrogen-bond acceptors (Lipinski definition) is 6. The van der Waals surface area contributed by atoms with Gasteiger partial charge in [-0.3, -0.25) is 9.89 Å². The van der Waals surface area contributed by atoms with Crippen LogP contribution in [-0.2, 0) is 4.79 Å². The zero-order valence-electron chi connectivity index (χ0n) is 15.3. The molecule has 3 aromatic rings. The van der Waals surface area contributed by atoms with Crippen LogP contribution in [0.15, 0.2) is 63.5 Å². The van der Waals surface area contributed by atoms with Gasteiger partial charge in [-0.15, -0.1) is 23.4 Å². The van der Waals surface area contributed by atoms with Crippen LogP contribution in [0.5, 0.6) is 0 Å². The zero-order valence-corrected chi connectivity index (χ0v) is 17.0. The normalized spacial score (nSPS) is 11.0. The van der Waals surface area contributed by atoms with E-state index in [4.69, 9.17) is 4.42 Å². The van der Waals surface area contributed by atoms with Gasteiger partial charge >= 0.3 is 0 Å². The third kappa shape index (κ3) is 5.90. The maximum atomic E-state index is 12.3.